The van der Waals surface area contributed by atoms with Crippen LogP contribution in [0.1, 0.15) is 19.4 Å². The van der Waals surface area contributed by atoms with Gasteiger partial charge < -0.3 is 4.74 Å². The van der Waals surface area contributed by atoms with E-state index in [1.54, 1.807) is 0 Å². The van der Waals surface area contributed by atoms with Crippen molar-refractivity contribution in [2.45, 2.75) is 20.8 Å². The molecule has 0 heterocycles. The fourth-order valence-corrected chi connectivity index (χ4v) is 1.39. The average molecular weight is 271 g/mol. The number of hydrogen-bond acceptors (Lipinski definition) is 2. The third-order valence-electron chi connectivity index (χ3n) is 2.16. The van der Waals surface area contributed by atoms with Crippen LogP contribution in [0.4, 0.5) is 0 Å². The molecule has 0 atom stereocenters. The normalized spacial score (nSPS) is 10.5. The molecule has 0 saturated heterocycles. The molecule has 0 bridgehead atoms. The standard InChI is InChI=1S/C12H15BrO2/c1-8(2)11(14)7-15-12-6-10(13)5-4-9(12)3/h4-6,8H,7H2,1-3H3. The molecule has 82 valence electrons. The van der Waals surface area contributed by atoms with Crippen molar-refractivity contribution in [3.63, 3.8) is 0 Å². The van der Waals surface area contributed by atoms with Crippen molar-refractivity contribution < 1.29 is 9.53 Å². The molecule has 0 aliphatic heterocycles. The van der Waals surface area contributed by atoms with Gasteiger partial charge in [0.15, 0.2) is 5.78 Å². The van der Waals surface area contributed by atoms with Gasteiger partial charge in [-0.25, -0.2) is 0 Å². The predicted octanol–water partition coefficient (Wildman–Crippen LogP) is 3.36. The zero-order valence-electron chi connectivity index (χ0n) is 9.21. The topological polar surface area (TPSA) is 26.3 Å². The maximum atomic E-state index is 11.4. The van der Waals surface area contributed by atoms with Crippen LogP contribution in [0, 0.1) is 12.8 Å². The third kappa shape index (κ3) is 3.67. The zero-order chi connectivity index (χ0) is 11.4. The highest BCUT2D eigenvalue weighted by molar-refractivity contribution is 9.10. The van der Waals surface area contributed by atoms with Gasteiger partial charge in [0.05, 0.1) is 0 Å². The Balaban J connectivity index is 2.65. The van der Waals surface area contributed by atoms with Gasteiger partial charge in [-0.2, -0.15) is 0 Å². The smallest absolute Gasteiger partial charge is 0.172 e. The van der Waals surface area contributed by atoms with E-state index < -0.39 is 0 Å². The first-order valence-electron chi connectivity index (χ1n) is 4.92. The van der Waals surface area contributed by atoms with Crippen molar-refractivity contribution >= 4 is 21.7 Å². The third-order valence-corrected chi connectivity index (χ3v) is 2.66. The number of hydrogen-bond donors (Lipinski definition) is 0. The number of rotatable bonds is 4. The molecule has 2 nitrogen and oxygen atoms in total. The van der Waals surface area contributed by atoms with Gasteiger partial charge in [0.2, 0.25) is 0 Å². The molecule has 15 heavy (non-hydrogen) atoms. The lowest BCUT2D eigenvalue weighted by molar-refractivity contribution is -0.123. The fourth-order valence-electron chi connectivity index (χ4n) is 1.04. The van der Waals surface area contributed by atoms with Gasteiger partial charge >= 0.3 is 0 Å². The highest BCUT2D eigenvalue weighted by atomic mass is 79.9. The summed E-state index contributed by atoms with van der Waals surface area (Å²) in [6, 6.07) is 5.79. The summed E-state index contributed by atoms with van der Waals surface area (Å²) in [6.45, 7) is 5.86. The minimum Gasteiger partial charge on any atom is -0.486 e. The predicted molar refractivity (Wildman–Crippen MR) is 64.2 cm³/mol. The summed E-state index contributed by atoms with van der Waals surface area (Å²) in [5.41, 5.74) is 1.04. The van der Waals surface area contributed by atoms with Crippen LogP contribution in [0.3, 0.4) is 0 Å². The quantitative estimate of drug-likeness (QED) is 0.839. The van der Waals surface area contributed by atoms with E-state index in [1.165, 1.54) is 0 Å². The van der Waals surface area contributed by atoms with Crippen LogP contribution in [0.2, 0.25) is 0 Å². The Hall–Kier alpha value is -0.830. The lowest BCUT2D eigenvalue weighted by Gasteiger charge is -2.10. The van der Waals surface area contributed by atoms with Gasteiger partial charge in [-0.15, -0.1) is 0 Å². The summed E-state index contributed by atoms with van der Waals surface area (Å²) >= 11 is 3.37. The van der Waals surface area contributed by atoms with E-state index in [9.17, 15) is 4.79 Å². The van der Waals surface area contributed by atoms with Crippen LogP contribution in [0.5, 0.6) is 5.75 Å². The maximum Gasteiger partial charge on any atom is 0.172 e. The van der Waals surface area contributed by atoms with E-state index in [4.69, 9.17) is 4.74 Å². The van der Waals surface area contributed by atoms with E-state index in [0.29, 0.717) is 0 Å². The Morgan fingerprint density at radius 1 is 1.47 bits per heavy atom. The number of ketones is 1. The van der Waals surface area contributed by atoms with E-state index in [2.05, 4.69) is 15.9 Å². The van der Waals surface area contributed by atoms with Crippen LogP contribution in [-0.4, -0.2) is 12.4 Å². The summed E-state index contributed by atoms with van der Waals surface area (Å²) in [5.74, 6) is 0.908. The molecule has 0 saturated carbocycles. The van der Waals surface area contributed by atoms with Crippen molar-refractivity contribution in [1.82, 2.24) is 0 Å². The van der Waals surface area contributed by atoms with Gasteiger partial charge in [-0.05, 0) is 24.6 Å². The second kappa shape index (κ2) is 5.31. The summed E-state index contributed by atoms with van der Waals surface area (Å²) in [7, 11) is 0. The first-order valence-corrected chi connectivity index (χ1v) is 5.71. The number of aryl methyl sites for hydroxylation is 1. The molecule has 1 rings (SSSR count). The summed E-state index contributed by atoms with van der Waals surface area (Å²) < 4.78 is 6.42. The second-order valence-electron chi connectivity index (χ2n) is 3.82. The molecule has 0 amide bonds. The van der Waals surface area contributed by atoms with Crippen LogP contribution in [0.15, 0.2) is 22.7 Å². The number of Topliss-reactive ketones (excluding diaryl/α,β-unsaturated/α-hetero) is 1. The zero-order valence-corrected chi connectivity index (χ0v) is 10.8. The molecule has 0 radical (unpaired) electrons. The Kier molecular flexibility index (Phi) is 4.33. The molecule has 0 fully saturated rings. The molecule has 0 aliphatic rings. The molecule has 0 unspecified atom stereocenters. The van der Waals surface area contributed by atoms with E-state index in [0.717, 1.165) is 15.8 Å². The SMILES string of the molecule is Cc1ccc(Br)cc1OCC(=O)C(C)C. The van der Waals surface area contributed by atoms with Gasteiger partial charge in [0.25, 0.3) is 0 Å². The lowest BCUT2D eigenvalue weighted by Crippen LogP contribution is -2.17. The van der Waals surface area contributed by atoms with Crippen molar-refractivity contribution in [1.29, 1.82) is 0 Å². The number of carbonyl (C=O) groups excluding carboxylic acids is 1. The Bertz CT molecular complexity index is 359. The van der Waals surface area contributed by atoms with Crippen LogP contribution < -0.4 is 4.74 Å². The number of halogens is 1. The van der Waals surface area contributed by atoms with Crippen LogP contribution in [-0.2, 0) is 4.79 Å². The number of ether oxygens (including phenoxy) is 1. The van der Waals surface area contributed by atoms with Crippen molar-refractivity contribution in [3.05, 3.63) is 28.2 Å². The lowest BCUT2D eigenvalue weighted by atomic mass is 10.1. The highest BCUT2D eigenvalue weighted by Gasteiger charge is 2.09. The van der Waals surface area contributed by atoms with Gasteiger partial charge in [-0.3, -0.25) is 4.79 Å². The average Bonchev–Trinajstić information content (AvgIpc) is 2.18. The second-order valence-corrected chi connectivity index (χ2v) is 4.74. The fraction of sp³-hybridized carbons (Fsp3) is 0.417. The Morgan fingerprint density at radius 2 is 2.13 bits per heavy atom. The molecule has 0 aliphatic carbocycles. The largest absolute Gasteiger partial charge is 0.486 e. The van der Waals surface area contributed by atoms with Crippen molar-refractivity contribution in [2.75, 3.05) is 6.61 Å². The molecule has 3 heteroatoms. The van der Waals surface area contributed by atoms with Gasteiger partial charge in [-0.1, -0.05) is 35.8 Å². The minimum atomic E-state index is 0.0254. The maximum absolute atomic E-state index is 11.4. The highest BCUT2D eigenvalue weighted by Crippen LogP contribution is 2.22. The number of benzene rings is 1. The number of carbonyl (C=O) groups is 1. The van der Waals surface area contributed by atoms with E-state index in [1.807, 2.05) is 39.0 Å². The van der Waals surface area contributed by atoms with Crippen LogP contribution >= 0.6 is 15.9 Å². The first-order chi connectivity index (χ1) is 7.00. The van der Waals surface area contributed by atoms with Crippen LogP contribution in [0.25, 0.3) is 0 Å². The molecule has 0 N–H and O–H groups in total. The molecular formula is C12H15BrO2. The monoisotopic (exact) mass is 270 g/mol. The summed E-state index contributed by atoms with van der Waals surface area (Å²) in [4.78, 5) is 11.4. The Labute approximate surface area is 98.8 Å². The minimum absolute atomic E-state index is 0.0254. The van der Waals surface area contributed by atoms with Crippen molar-refractivity contribution in [3.8, 4) is 5.75 Å². The van der Waals surface area contributed by atoms with Gasteiger partial charge in [0.1, 0.15) is 12.4 Å². The van der Waals surface area contributed by atoms with E-state index in [-0.39, 0.29) is 18.3 Å². The molecule has 1 aromatic rings. The molecule has 1 aromatic carbocycles. The molecular weight excluding hydrogens is 256 g/mol. The first kappa shape index (κ1) is 12.2. The molecule has 0 spiro atoms. The van der Waals surface area contributed by atoms with Crippen molar-refractivity contribution in [2.24, 2.45) is 5.92 Å². The Morgan fingerprint density at radius 3 is 2.73 bits per heavy atom. The molecule has 0 aromatic heterocycles. The summed E-state index contributed by atoms with van der Waals surface area (Å²) in [5, 5.41) is 0. The summed E-state index contributed by atoms with van der Waals surface area (Å²) in [6.07, 6.45) is 0. The van der Waals surface area contributed by atoms with E-state index >= 15 is 0 Å². The van der Waals surface area contributed by atoms with Gasteiger partial charge in [0, 0.05) is 10.4 Å².